The lowest BCUT2D eigenvalue weighted by atomic mass is 10.00. The molecule has 10 heteroatoms. The Hall–Kier alpha value is -4.21. The highest BCUT2D eigenvalue weighted by Gasteiger charge is 2.24. The van der Waals surface area contributed by atoms with Crippen molar-refractivity contribution in [3.8, 4) is 11.5 Å². The molecule has 236 valence electrons. The predicted octanol–water partition coefficient (Wildman–Crippen LogP) is 8.17. The number of nitrogens with one attached hydrogen (secondary N) is 1. The number of rotatable bonds is 9. The number of aryl methyl sites for hydroxylation is 4. The third-order valence-electron chi connectivity index (χ3n) is 7.96. The van der Waals surface area contributed by atoms with Crippen molar-refractivity contribution in [3.05, 3.63) is 99.5 Å². The minimum atomic E-state index is -0.606. The third kappa shape index (κ3) is 8.29. The number of piperidine rings is 1. The summed E-state index contributed by atoms with van der Waals surface area (Å²) in [6, 6.07) is 15.8. The lowest BCUT2D eigenvalue weighted by Crippen LogP contribution is -2.34. The van der Waals surface area contributed by atoms with Crippen LogP contribution in [0.3, 0.4) is 0 Å². The van der Waals surface area contributed by atoms with Crippen molar-refractivity contribution in [2.75, 3.05) is 37.0 Å². The highest BCUT2D eigenvalue weighted by atomic mass is 35.5. The number of hydrogen-bond acceptors (Lipinski definition) is 7. The summed E-state index contributed by atoms with van der Waals surface area (Å²) in [5.41, 5.74) is 5.02. The Balaban J connectivity index is 1.36. The first-order chi connectivity index (χ1) is 21.5. The maximum Gasteiger partial charge on any atom is 0.421 e. The van der Waals surface area contributed by atoms with Crippen LogP contribution in [0.1, 0.15) is 40.7 Å². The molecule has 0 aliphatic carbocycles. The Morgan fingerprint density at radius 1 is 1.07 bits per heavy atom. The number of anilines is 3. The molecule has 4 aromatic rings. The molecular weight excluding hydrogens is 593 g/mol. The lowest BCUT2D eigenvalue weighted by molar-refractivity contribution is 0.147. The summed E-state index contributed by atoms with van der Waals surface area (Å²) in [5, 5.41) is 3.61. The van der Waals surface area contributed by atoms with Crippen LogP contribution in [0, 0.1) is 39.4 Å². The van der Waals surface area contributed by atoms with E-state index < -0.39 is 11.9 Å². The van der Waals surface area contributed by atoms with Gasteiger partial charge in [-0.1, -0.05) is 35.4 Å². The quantitative estimate of drug-likeness (QED) is 0.200. The Bertz CT molecular complexity index is 1660. The van der Waals surface area contributed by atoms with Crippen molar-refractivity contribution >= 4 is 35.1 Å². The van der Waals surface area contributed by atoms with E-state index in [1.165, 1.54) is 17.2 Å². The number of benzene rings is 3. The van der Waals surface area contributed by atoms with Crippen LogP contribution in [0.4, 0.5) is 26.6 Å². The van der Waals surface area contributed by atoms with E-state index in [1.54, 1.807) is 24.3 Å². The first kappa shape index (κ1) is 32.2. The zero-order valence-corrected chi connectivity index (χ0v) is 27.1. The molecular formula is C35H39ClFN5O3. The normalized spacial score (nSPS) is 15.0. The summed E-state index contributed by atoms with van der Waals surface area (Å²) in [6.45, 7) is 10.4. The molecule has 0 saturated carbocycles. The van der Waals surface area contributed by atoms with Gasteiger partial charge in [0.1, 0.15) is 11.6 Å². The van der Waals surface area contributed by atoms with Gasteiger partial charge in [-0.15, -0.1) is 0 Å². The van der Waals surface area contributed by atoms with Gasteiger partial charge in [0.25, 0.3) is 0 Å². The topological polar surface area (TPSA) is 79.8 Å². The van der Waals surface area contributed by atoms with Gasteiger partial charge >= 0.3 is 6.09 Å². The zero-order valence-electron chi connectivity index (χ0n) is 26.4. The van der Waals surface area contributed by atoms with E-state index in [-0.39, 0.29) is 18.2 Å². The molecule has 8 nitrogen and oxygen atoms in total. The Morgan fingerprint density at radius 2 is 1.84 bits per heavy atom. The van der Waals surface area contributed by atoms with E-state index in [0.29, 0.717) is 34.8 Å². The van der Waals surface area contributed by atoms with Gasteiger partial charge in [-0.25, -0.2) is 14.2 Å². The SMILES string of the molecule is Cc1cc(C)c(OC(=O)N(Cc2cc(Cl)ccc2C)c2ccnc(Nc3ccc(OCC4CCCN(C)C4)c(F)c3)n2)c(C)c1. The van der Waals surface area contributed by atoms with Gasteiger partial charge in [-0.3, -0.25) is 4.90 Å². The van der Waals surface area contributed by atoms with Gasteiger partial charge in [0.15, 0.2) is 11.6 Å². The number of aromatic nitrogens is 2. The van der Waals surface area contributed by atoms with Gasteiger partial charge in [0.2, 0.25) is 5.95 Å². The van der Waals surface area contributed by atoms with Gasteiger partial charge in [0.05, 0.1) is 13.2 Å². The molecule has 5 rings (SSSR count). The van der Waals surface area contributed by atoms with Crippen LogP contribution in [0.2, 0.25) is 5.02 Å². The number of halogens is 2. The van der Waals surface area contributed by atoms with Gasteiger partial charge in [-0.05, 0) is 107 Å². The van der Waals surface area contributed by atoms with Crippen LogP contribution < -0.4 is 19.7 Å². The van der Waals surface area contributed by atoms with Gasteiger partial charge in [-0.2, -0.15) is 4.98 Å². The van der Waals surface area contributed by atoms with Crippen LogP contribution in [-0.2, 0) is 6.54 Å². The molecule has 0 spiro atoms. The molecule has 1 unspecified atom stereocenters. The number of carbonyl (C=O) groups excluding carboxylic acids is 1. The maximum atomic E-state index is 15.0. The number of carbonyl (C=O) groups is 1. The average molecular weight is 632 g/mol. The van der Waals surface area contributed by atoms with Crippen molar-refractivity contribution < 1.29 is 18.7 Å². The van der Waals surface area contributed by atoms with E-state index in [4.69, 9.17) is 21.1 Å². The van der Waals surface area contributed by atoms with Crippen molar-refractivity contribution in [3.63, 3.8) is 0 Å². The van der Waals surface area contributed by atoms with Crippen LogP contribution in [0.25, 0.3) is 0 Å². The molecule has 1 amide bonds. The second kappa shape index (κ2) is 14.3. The van der Waals surface area contributed by atoms with Crippen molar-refractivity contribution in [2.24, 2.45) is 5.92 Å². The van der Waals surface area contributed by atoms with Crippen molar-refractivity contribution in [2.45, 2.75) is 47.1 Å². The summed E-state index contributed by atoms with van der Waals surface area (Å²) in [4.78, 5) is 26.4. The molecule has 2 heterocycles. The predicted molar refractivity (Wildman–Crippen MR) is 176 cm³/mol. The highest BCUT2D eigenvalue weighted by Crippen LogP contribution is 2.29. The second-order valence-electron chi connectivity index (χ2n) is 11.8. The van der Waals surface area contributed by atoms with Crippen molar-refractivity contribution in [1.82, 2.24) is 14.9 Å². The fourth-order valence-corrected chi connectivity index (χ4v) is 5.89. The fourth-order valence-electron chi connectivity index (χ4n) is 5.69. The Kier molecular flexibility index (Phi) is 10.2. The lowest BCUT2D eigenvalue weighted by Gasteiger charge is -2.29. The Morgan fingerprint density at radius 3 is 2.58 bits per heavy atom. The fraction of sp³-hybridized carbons (Fsp3) is 0.343. The molecule has 1 N–H and O–H groups in total. The number of amides is 1. The number of ether oxygens (including phenoxy) is 2. The van der Waals surface area contributed by atoms with E-state index in [2.05, 4.69) is 27.2 Å². The number of likely N-dealkylation sites (tertiary alicyclic amines) is 1. The largest absolute Gasteiger partial charge is 0.490 e. The van der Waals surface area contributed by atoms with E-state index in [9.17, 15) is 4.79 Å². The maximum absolute atomic E-state index is 15.0. The van der Waals surface area contributed by atoms with Crippen LogP contribution in [0.15, 0.2) is 60.8 Å². The first-order valence-corrected chi connectivity index (χ1v) is 15.5. The molecule has 3 aromatic carbocycles. The van der Waals surface area contributed by atoms with E-state index in [1.807, 2.05) is 52.0 Å². The summed E-state index contributed by atoms with van der Waals surface area (Å²) >= 11 is 6.30. The van der Waals surface area contributed by atoms with Gasteiger partial charge in [0, 0.05) is 35.4 Å². The van der Waals surface area contributed by atoms with Crippen LogP contribution in [-0.4, -0.2) is 47.7 Å². The van der Waals surface area contributed by atoms with Crippen molar-refractivity contribution in [1.29, 1.82) is 0 Å². The highest BCUT2D eigenvalue weighted by molar-refractivity contribution is 6.30. The summed E-state index contributed by atoms with van der Waals surface area (Å²) < 4.78 is 26.8. The third-order valence-corrected chi connectivity index (χ3v) is 8.19. The molecule has 1 saturated heterocycles. The standard InChI is InChI=1S/C35H39ClFN5O3/c1-22-15-24(3)33(25(4)16-22)45-35(43)42(20-27-17-28(36)9-8-23(27)2)32-12-13-38-34(40-32)39-29-10-11-31(30(37)18-29)44-21-26-7-6-14-41(5)19-26/h8-13,15-18,26H,6-7,14,19-21H2,1-5H3,(H,38,39,40). The average Bonchev–Trinajstić information content (AvgIpc) is 2.99. The molecule has 0 bridgehead atoms. The smallest absolute Gasteiger partial charge is 0.421 e. The summed E-state index contributed by atoms with van der Waals surface area (Å²) in [5.74, 6) is 1.09. The Labute approximate surface area is 269 Å². The molecule has 1 fully saturated rings. The minimum absolute atomic E-state index is 0.156. The molecule has 45 heavy (non-hydrogen) atoms. The monoisotopic (exact) mass is 631 g/mol. The van der Waals surface area contributed by atoms with E-state index in [0.717, 1.165) is 53.7 Å². The van der Waals surface area contributed by atoms with Crippen LogP contribution in [0.5, 0.6) is 11.5 Å². The molecule has 1 aliphatic rings. The molecule has 1 aromatic heterocycles. The zero-order chi connectivity index (χ0) is 32.1. The molecule has 1 atom stereocenters. The second-order valence-corrected chi connectivity index (χ2v) is 12.3. The van der Waals surface area contributed by atoms with Gasteiger partial charge < -0.3 is 19.7 Å². The molecule has 0 radical (unpaired) electrons. The van der Waals surface area contributed by atoms with Crippen LogP contribution >= 0.6 is 11.6 Å². The minimum Gasteiger partial charge on any atom is -0.490 e. The molecule has 1 aliphatic heterocycles. The first-order valence-electron chi connectivity index (χ1n) is 15.1. The number of hydrogen-bond donors (Lipinski definition) is 1. The number of nitrogens with zero attached hydrogens (tertiary/aromatic N) is 4. The van der Waals surface area contributed by atoms with E-state index >= 15 is 4.39 Å². The summed E-state index contributed by atoms with van der Waals surface area (Å²) in [7, 11) is 2.09. The summed E-state index contributed by atoms with van der Waals surface area (Å²) in [6.07, 6.45) is 3.12.